The van der Waals surface area contributed by atoms with E-state index in [1.54, 1.807) is 12.1 Å². The Morgan fingerprint density at radius 1 is 1.53 bits per heavy atom. The molecule has 1 atom stereocenters. The van der Waals surface area contributed by atoms with Crippen molar-refractivity contribution in [3.8, 4) is 6.07 Å². The van der Waals surface area contributed by atoms with Crippen LogP contribution in [-0.2, 0) is 0 Å². The van der Waals surface area contributed by atoms with E-state index in [9.17, 15) is 4.39 Å². The molecule has 1 aliphatic carbocycles. The van der Waals surface area contributed by atoms with E-state index in [4.69, 9.17) is 5.26 Å². The highest BCUT2D eigenvalue weighted by atomic mass is 19.1. The summed E-state index contributed by atoms with van der Waals surface area (Å²) in [5, 5.41) is 12.0. The molecule has 1 unspecified atom stereocenters. The molecule has 3 heteroatoms. The Kier molecular flexibility index (Phi) is 3.75. The third-order valence-electron chi connectivity index (χ3n) is 3.39. The Balaban J connectivity index is 1.78. The quantitative estimate of drug-likeness (QED) is 0.866. The minimum Gasteiger partial charge on any atom is -0.313 e. The van der Waals surface area contributed by atoms with Gasteiger partial charge in [-0.2, -0.15) is 5.26 Å². The van der Waals surface area contributed by atoms with Gasteiger partial charge in [0.25, 0.3) is 0 Å². The number of halogens is 1. The molecule has 0 spiro atoms. The van der Waals surface area contributed by atoms with E-state index in [1.165, 1.54) is 6.07 Å². The van der Waals surface area contributed by atoms with Crippen LogP contribution in [0.25, 0.3) is 0 Å². The monoisotopic (exact) mass is 232 g/mol. The normalized spacial score (nSPS) is 24.8. The highest BCUT2D eigenvalue weighted by Crippen LogP contribution is 2.36. The van der Waals surface area contributed by atoms with Crippen molar-refractivity contribution in [2.75, 3.05) is 6.54 Å². The molecule has 1 N–H and O–H groups in total. The number of nitrogens with one attached hydrogen (secondary N) is 1. The van der Waals surface area contributed by atoms with Gasteiger partial charge in [-0.3, -0.25) is 0 Å². The van der Waals surface area contributed by atoms with Gasteiger partial charge in [0.15, 0.2) is 0 Å². The van der Waals surface area contributed by atoms with Gasteiger partial charge in [0.2, 0.25) is 0 Å². The molecule has 90 valence electrons. The summed E-state index contributed by atoms with van der Waals surface area (Å²) in [4.78, 5) is 0. The van der Waals surface area contributed by atoms with Crippen LogP contribution >= 0.6 is 0 Å². The van der Waals surface area contributed by atoms with Crippen LogP contribution in [-0.4, -0.2) is 12.6 Å². The van der Waals surface area contributed by atoms with E-state index in [0.717, 1.165) is 24.9 Å². The number of rotatable bonds is 4. The fourth-order valence-corrected chi connectivity index (χ4v) is 2.21. The lowest BCUT2D eigenvalue weighted by Crippen LogP contribution is -2.41. The first-order valence-corrected chi connectivity index (χ1v) is 6.07. The zero-order valence-corrected chi connectivity index (χ0v) is 9.99. The lowest BCUT2D eigenvalue weighted by molar-refractivity contribution is 0.285. The second-order valence-corrected chi connectivity index (χ2v) is 4.86. The summed E-state index contributed by atoms with van der Waals surface area (Å²) in [5.74, 6) is 0.376. The second-order valence-electron chi connectivity index (χ2n) is 4.86. The lowest BCUT2D eigenvalue weighted by Gasteiger charge is -2.36. The van der Waals surface area contributed by atoms with Crippen molar-refractivity contribution in [2.24, 2.45) is 5.92 Å². The van der Waals surface area contributed by atoms with Gasteiger partial charge in [-0.1, -0.05) is 12.1 Å². The number of benzene rings is 1. The summed E-state index contributed by atoms with van der Waals surface area (Å²) in [6.07, 6.45) is 2.09. The van der Waals surface area contributed by atoms with Crippen LogP contribution in [0.15, 0.2) is 24.3 Å². The van der Waals surface area contributed by atoms with E-state index in [-0.39, 0.29) is 11.7 Å². The molecule has 0 radical (unpaired) electrons. The van der Waals surface area contributed by atoms with E-state index in [2.05, 4.69) is 11.4 Å². The van der Waals surface area contributed by atoms with Crippen LogP contribution in [0.3, 0.4) is 0 Å². The maximum absolute atomic E-state index is 13.0. The molecule has 2 rings (SSSR count). The summed E-state index contributed by atoms with van der Waals surface area (Å²) in [6, 6.07) is 9.55. The van der Waals surface area contributed by atoms with Crippen LogP contribution < -0.4 is 5.32 Å². The van der Waals surface area contributed by atoms with Crippen LogP contribution in [0.2, 0.25) is 0 Å². The Bertz CT molecular complexity index is 418. The molecule has 1 fully saturated rings. The Labute approximate surface area is 101 Å². The van der Waals surface area contributed by atoms with Gasteiger partial charge in [0, 0.05) is 12.6 Å². The molecule has 1 aliphatic rings. The molecule has 0 saturated heterocycles. The molecule has 0 amide bonds. The Morgan fingerprint density at radius 3 is 2.94 bits per heavy atom. The number of hydrogen-bond donors (Lipinski definition) is 1. The van der Waals surface area contributed by atoms with Gasteiger partial charge in [0.05, 0.1) is 12.0 Å². The molecule has 1 saturated carbocycles. The molecule has 0 bridgehead atoms. The molecular weight excluding hydrogens is 215 g/mol. The predicted molar refractivity (Wildman–Crippen MR) is 64.9 cm³/mol. The van der Waals surface area contributed by atoms with Crippen molar-refractivity contribution in [2.45, 2.75) is 31.7 Å². The van der Waals surface area contributed by atoms with Gasteiger partial charge in [-0.05, 0) is 43.4 Å². The van der Waals surface area contributed by atoms with Crippen molar-refractivity contribution >= 4 is 0 Å². The first-order chi connectivity index (χ1) is 8.19. The summed E-state index contributed by atoms with van der Waals surface area (Å²) in [5.41, 5.74) is 1.09. The van der Waals surface area contributed by atoms with E-state index in [0.29, 0.717) is 12.0 Å². The zero-order chi connectivity index (χ0) is 12.3. The van der Waals surface area contributed by atoms with E-state index in [1.807, 2.05) is 13.0 Å². The maximum Gasteiger partial charge on any atom is 0.123 e. The lowest BCUT2D eigenvalue weighted by atomic mass is 9.76. The zero-order valence-electron chi connectivity index (χ0n) is 9.99. The largest absolute Gasteiger partial charge is 0.313 e. The van der Waals surface area contributed by atoms with Gasteiger partial charge in [0.1, 0.15) is 5.82 Å². The predicted octanol–water partition coefficient (Wildman–Crippen LogP) is 2.82. The van der Waals surface area contributed by atoms with Gasteiger partial charge in [-0.15, -0.1) is 0 Å². The molecule has 17 heavy (non-hydrogen) atoms. The van der Waals surface area contributed by atoms with Crippen LogP contribution in [0.4, 0.5) is 4.39 Å². The highest BCUT2D eigenvalue weighted by Gasteiger charge is 2.30. The second kappa shape index (κ2) is 5.29. The fourth-order valence-electron chi connectivity index (χ4n) is 2.21. The van der Waals surface area contributed by atoms with Crippen LogP contribution in [0, 0.1) is 23.1 Å². The number of nitrogens with zero attached hydrogens (tertiary/aromatic N) is 1. The maximum atomic E-state index is 13.0. The third-order valence-corrected chi connectivity index (χ3v) is 3.39. The van der Waals surface area contributed by atoms with Crippen molar-refractivity contribution in [3.05, 3.63) is 35.6 Å². The van der Waals surface area contributed by atoms with Gasteiger partial charge in [-0.25, -0.2) is 4.39 Å². The van der Waals surface area contributed by atoms with Crippen molar-refractivity contribution < 1.29 is 4.39 Å². The minimum absolute atomic E-state index is 0.0585. The molecule has 0 aromatic heterocycles. The summed E-state index contributed by atoms with van der Waals surface area (Å²) < 4.78 is 13.0. The van der Waals surface area contributed by atoms with Crippen molar-refractivity contribution in [1.82, 2.24) is 5.32 Å². The molecule has 2 nitrogen and oxygen atoms in total. The molecule has 1 aromatic carbocycles. The average Bonchev–Trinajstić information content (AvgIpc) is 2.26. The van der Waals surface area contributed by atoms with Gasteiger partial charge < -0.3 is 5.32 Å². The standard InChI is InChI=1S/C14H17FN2/c1-10(8-16)9-17-14-6-12(7-14)11-3-2-4-13(15)5-11/h2-5,10,12,14,17H,6-7,9H2,1H3. The number of hydrogen-bond acceptors (Lipinski definition) is 2. The van der Waals surface area contributed by atoms with E-state index >= 15 is 0 Å². The first kappa shape index (κ1) is 12.1. The molecule has 0 aliphatic heterocycles. The molecule has 0 heterocycles. The topological polar surface area (TPSA) is 35.8 Å². The summed E-state index contributed by atoms with van der Waals surface area (Å²) in [6.45, 7) is 2.66. The van der Waals surface area contributed by atoms with Crippen LogP contribution in [0.1, 0.15) is 31.2 Å². The molecular formula is C14H17FN2. The highest BCUT2D eigenvalue weighted by molar-refractivity contribution is 5.23. The smallest absolute Gasteiger partial charge is 0.123 e. The Morgan fingerprint density at radius 2 is 2.29 bits per heavy atom. The number of nitriles is 1. The van der Waals surface area contributed by atoms with Crippen LogP contribution in [0.5, 0.6) is 0 Å². The SMILES string of the molecule is CC(C#N)CNC1CC(c2cccc(F)c2)C1. The minimum atomic E-state index is -0.156. The van der Waals surface area contributed by atoms with Crippen molar-refractivity contribution in [3.63, 3.8) is 0 Å². The Hall–Kier alpha value is -1.40. The van der Waals surface area contributed by atoms with Gasteiger partial charge >= 0.3 is 0 Å². The third kappa shape index (κ3) is 3.04. The van der Waals surface area contributed by atoms with E-state index < -0.39 is 0 Å². The van der Waals surface area contributed by atoms with Crippen molar-refractivity contribution in [1.29, 1.82) is 5.26 Å². The average molecular weight is 232 g/mol. The fraction of sp³-hybridized carbons (Fsp3) is 0.500. The molecule has 1 aromatic rings. The first-order valence-electron chi connectivity index (χ1n) is 6.07. The summed E-state index contributed by atoms with van der Waals surface area (Å²) in [7, 11) is 0. The summed E-state index contributed by atoms with van der Waals surface area (Å²) >= 11 is 0.